The molecule has 4 N–H and O–H groups in total. The van der Waals surface area contributed by atoms with Crippen molar-refractivity contribution in [3.05, 3.63) is 28.7 Å². The molecule has 1 aromatic carbocycles. The van der Waals surface area contributed by atoms with E-state index in [0.29, 0.717) is 74.1 Å². The second kappa shape index (κ2) is 10.9. The molecule has 12 nitrogen and oxygen atoms in total. The van der Waals surface area contributed by atoms with Gasteiger partial charge in [0.15, 0.2) is 11.5 Å². The molecule has 0 amide bonds. The average molecular weight is 519 g/mol. The van der Waals surface area contributed by atoms with E-state index in [2.05, 4.69) is 32.2 Å². The van der Waals surface area contributed by atoms with Crippen LogP contribution in [-0.2, 0) is 16.6 Å². The lowest BCUT2D eigenvalue weighted by molar-refractivity contribution is 0.222. The van der Waals surface area contributed by atoms with Crippen molar-refractivity contribution in [1.29, 1.82) is 0 Å². The molecular formula is C23H34N8O4S. The number of unbranched alkanes of at least 4 members (excludes halogenated alkanes) is 1. The number of sulfonamides is 1. The number of aromatic amines is 1. The van der Waals surface area contributed by atoms with E-state index in [9.17, 15) is 13.2 Å². The van der Waals surface area contributed by atoms with Gasteiger partial charge in [-0.25, -0.2) is 24.0 Å². The van der Waals surface area contributed by atoms with E-state index >= 15 is 0 Å². The SMILES string of the molecule is CCCCOc1ccc(S(=O)(=O)N2CCN(C)CC2)cc1-c1nc2c([nH]1)c(NN)nc(=O)n2CCC. The van der Waals surface area contributed by atoms with E-state index < -0.39 is 15.7 Å². The number of H-pyrrole nitrogens is 1. The molecule has 1 aliphatic heterocycles. The number of hydrazine groups is 1. The molecule has 13 heteroatoms. The first-order valence-corrected chi connectivity index (χ1v) is 13.7. The van der Waals surface area contributed by atoms with Crippen LogP contribution in [0.1, 0.15) is 33.1 Å². The minimum Gasteiger partial charge on any atom is -0.493 e. The Morgan fingerprint density at radius 3 is 2.56 bits per heavy atom. The van der Waals surface area contributed by atoms with Crippen molar-refractivity contribution in [2.45, 2.75) is 44.6 Å². The summed E-state index contributed by atoms with van der Waals surface area (Å²) in [5.41, 5.74) is 3.29. The van der Waals surface area contributed by atoms with Crippen molar-refractivity contribution in [2.24, 2.45) is 5.84 Å². The first-order valence-electron chi connectivity index (χ1n) is 12.2. The first kappa shape index (κ1) is 26.1. The number of imidazole rings is 1. The lowest BCUT2D eigenvalue weighted by Crippen LogP contribution is -2.47. The average Bonchev–Trinajstić information content (AvgIpc) is 3.31. The van der Waals surface area contributed by atoms with Gasteiger partial charge in [0.05, 0.1) is 17.1 Å². The first-order chi connectivity index (χ1) is 17.3. The Labute approximate surface area is 210 Å². The zero-order valence-corrected chi connectivity index (χ0v) is 21.8. The lowest BCUT2D eigenvalue weighted by atomic mass is 10.2. The van der Waals surface area contributed by atoms with Crippen LogP contribution in [0.4, 0.5) is 5.82 Å². The third-order valence-electron chi connectivity index (χ3n) is 6.26. The van der Waals surface area contributed by atoms with Crippen LogP contribution in [0.2, 0.25) is 0 Å². The van der Waals surface area contributed by atoms with E-state index in [-0.39, 0.29) is 10.7 Å². The summed E-state index contributed by atoms with van der Waals surface area (Å²) < 4.78 is 35.9. The van der Waals surface area contributed by atoms with Crippen LogP contribution in [0.15, 0.2) is 27.9 Å². The van der Waals surface area contributed by atoms with Crippen LogP contribution in [0.3, 0.4) is 0 Å². The summed E-state index contributed by atoms with van der Waals surface area (Å²) in [7, 11) is -1.74. The fourth-order valence-electron chi connectivity index (χ4n) is 4.17. The highest BCUT2D eigenvalue weighted by Gasteiger charge is 2.29. The Morgan fingerprint density at radius 2 is 1.89 bits per heavy atom. The normalized spacial score (nSPS) is 15.4. The summed E-state index contributed by atoms with van der Waals surface area (Å²) in [4.78, 5) is 26.7. The van der Waals surface area contributed by atoms with Gasteiger partial charge in [-0.15, -0.1) is 0 Å². The number of hydrogen-bond acceptors (Lipinski definition) is 9. The predicted octanol–water partition coefficient (Wildman–Crippen LogP) is 1.60. The molecule has 1 aliphatic rings. The molecule has 1 fully saturated rings. The highest BCUT2D eigenvalue weighted by molar-refractivity contribution is 7.89. The number of nitrogens with two attached hydrogens (primary N) is 1. The maximum absolute atomic E-state index is 13.5. The fourth-order valence-corrected chi connectivity index (χ4v) is 5.62. The van der Waals surface area contributed by atoms with Gasteiger partial charge in [0.2, 0.25) is 10.0 Å². The van der Waals surface area contributed by atoms with Crippen LogP contribution in [0.5, 0.6) is 5.75 Å². The van der Waals surface area contributed by atoms with Crippen LogP contribution in [0.25, 0.3) is 22.6 Å². The van der Waals surface area contributed by atoms with Gasteiger partial charge in [0, 0.05) is 32.7 Å². The molecule has 0 saturated carbocycles. The molecule has 36 heavy (non-hydrogen) atoms. The minimum atomic E-state index is -3.71. The molecule has 3 heterocycles. The number of benzene rings is 1. The van der Waals surface area contributed by atoms with Crippen LogP contribution >= 0.6 is 0 Å². The number of anilines is 1. The molecule has 4 rings (SSSR count). The molecule has 1 saturated heterocycles. The number of hydrogen-bond donors (Lipinski definition) is 3. The standard InChI is InChI=1S/C23H34N8O4S/c1-4-6-14-35-18-8-7-16(36(33,34)30-12-10-29(3)11-13-30)15-17(18)20-25-19-21(28-24)27-23(32)31(9-5-2)22(19)26-20/h7-8,15H,4-6,9-14,24H2,1-3H3,(H,25,26)(H,27,28,32). The third kappa shape index (κ3) is 5.09. The number of fused-ring (bicyclic) bond motifs is 1. The summed E-state index contributed by atoms with van der Waals surface area (Å²) in [6, 6.07) is 4.82. The zero-order valence-electron chi connectivity index (χ0n) is 21.0. The lowest BCUT2D eigenvalue weighted by Gasteiger charge is -2.31. The van der Waals surface area contributed by atoms with Gasteiger partial charge in [-0.1, -0.05) is 20.3 Å². The molecule has 0 spiro atoms. The van der Waals surface area contributed by atoms with Crippen LogP contribution < -0.4 is 21.7 Å². The van der Waals surface area contributed by atoms with Gasteiger partial charge >= 0.3 is 5.69 Å². The molecule has 196 valence electrons. The number of nitrogens with zero attached hydrogens (tertiary/aromatic N) is 5. The molecule has 0 atom stereocenters. The third-order valence-corrected chi connectivity index (χ3v) is 8.16. The van der Waals surface area contributed by atoms with E-state index in [1.807, 2.05) is 14.0 Å². The molecule has 3 aromatic rings. The van der Waals surface area contributed by atoms with Crippen LogP contribution in [-0.4, -0.2) is 77.0 Å². The number of aryl methyl sites for hydroxylation is 1. The highest BCUT2D eigenvalue weighted by Crippen LogP contribution is 2.34. The van der Waals surface area contributed by atoms with Gasteiger partial charge in [-0.2, -0.15) is 9.29 Å². The summed E-state index contributed by atoms with van der Waals surface area (Å²) in [6.07, 6.45) is 2.51. The topological polar surface area (TPSA) is 151 Å². The maximum atomic E-state index is 13.5. The molecule has 0 radical (unpaired) electrons. The summed E-state index contributed by atoms with van der Waals surface area (Å²) in [5.74, 6) is 6.64. The van der Waals surface area contributed by atoms with Gasteiger partial charge in [0.1, 0.15) is 17.1 Å². The second-order valence-electron chi connectivity index (χ2n) is 8.89. The van der Waals surface area contributed by atoms with E-state index in [1.165, 1.54) is 8.87 Å². The number of aromatic nitrogens is 4. The molecule has 0 bridgehead atoms. The molecular weight excluding hydrogens is 484 g/mol. The van der Waals surface area contributed by atoms with Crippen molar-refractivity contribution in [1.82, 2.24) is 28.7 Å². The van der Waals surface area contributed by atoms with Crippen molar-refractivity contribution < 1.29 is 13.2 Å². The number of ether oxygens (including phenoxy) is 1. The van der Waals surface area contributed by atoms with Crippen LogP contribution in [0, 0.1) is 0 Å². The monoisotopic (exact) mass is 518 g/mol. The summed E-state index contributed by atoms with van der Waals surface area (Å²) >= 11 is 0. The van der Waals surface area contributed by atoms with Gasteiger partial charge in [-0.05, 0) is 38.1 Å². The second-order valence-corrected chi connectivity index (χ2v) is 10.8. The van der Waals surface area contributed by atoms with E-state index in [4.69, 9.17) is 10.6 Å². The smallest absolute Gasteiger partial charge is 0.351 e. The molecule has 2 aromatic heterocycles. The highest BCUT2D eigenvalue weighted by atomic mass is 32.2. The zero-order chi connectivity index (χ0) is 25.9. The number of rotatable bonds is 10. The minimum absolute atomic E-state index is 0.159. The summed E-state index contributed by atoms with van der Waals surface area (Å²) in [5, 5.41) is 0. The Bertz CT molecular complexity index is 1380. The Morgan fingerprint density at radius 1 is 1.14 bits per heavy atom. The van der Waals surface area contributed by atoms with Gasteiger partial charge < -0.3 is 20.0 Å². The van der Waals surface area contributed by atoms with Crippen molar-refractivity contribution >= 4 is 27.0 Å². The van der Waals surface area contributed by atoms with Gasteiger partial charge in [-0.3, -0.25) is 4.57 Å². The largest absolute Gasteiger partial charge is 0.493 e. The van der Waals surface area contributed by atoms with Crippen molar-refractivity contribution in [2.75, 3.05) is 45.3 Å². The molecule has 0 aliphatic carbocycles. The Balaban J connectivity index is 1.85. The van der Waals surface area contributed by atoms with E-state index in [1.54, 1.807) is 18.2 Å². The van der Waals surface area contributed by atoms with Crippen molar-refractivity contribution in [3.8, 4) is 17.1 Å². The number of likely N-dealkylation sites (N-methyl/N-ethyl adjacent to an activating group) is 1. The number of nitrogens with one attached hydrogen (secondary N) is 2. The van der Waals surface area contributed by atoms with E-state index in [0.717, 1.165) is 12.8 Å². The number of piperazine rings is 1. The van der Waals surface area contributed by atoms with Gasteiger partial charge in [0.25, 0.3) is 0 Å². The summed E-state index contributed by atoms with van der Waals surface area (Å²) in [6.45, 7) is 7.11. The fraction of sp³-hybridized carbons (Fsp3) is 0.522. The quantitative estimate of drug-likeness (QED) is 0.206. The Kier molecular flexibility index (Phi) is 7.93. The maximum Gasteiger partial charge on any atom is 0.351 e. The molecule has 0 unspecified atom stereocenters. The van der Waals surface area contributed by atoms with Crippen molar-refractivity contribution in [3.63, 3.8) is 0 Å². The Hall–Kier alpha value is -3.00. The number of nitrogen functional groups attached to an aromatic ring is 1. The predicted molar refractivity (Wildman–Crippen MR) is 138 cm³/mol.